The average Bonchev–Trinajstić information content (AvgIpc) is 3.02. The molecule has 20 heavy (non-hydrogen) atoms. The molecule has 3 heterocycles. The molecule has 2 aliphatic heterocycles. The zero-order valence-electron chi connectivity index (χ0n) is 12.2. The Morgan fingerprint density at radius 3 is 2.55 bits per heavy atom. The molecule has 0 aliphatic carbocycles. The van der Waals surface area contributed by atoms with Gasteiger partial charge in [-0.05, 0) is 30.4 Å². The van der Waals surface area contributed by atoms with Gasteiger partial charge in [-0.3, -0.25) is 4.90 Å². The van der Waals surface area contributed by atoms with Crippen molar-refractivity contribution < 1.29 is 0 Å². The molecule has 2 aliphatic rings. The Bertz CT molecular complexity index is 406. The van der Waals surface area contributed by atoms with Crippen molar-refractivity contribution in [3.05, 3.63) is 23.9 Å². The van der Waals surface area contributed by atoms with Crippen molar-refractivity contribution in [1.29, 1.82) is 0 Å². The number of nitrogens with zero attached hydrogens (tertiary/aromatic N) is 3. The van der Waals surface area contributed by atoms with E-state index in [-0.39, 0.29) is 12.4 Å². The Morgan fingerprint density at radius 2 is 2.00 bits per heavy atom. The monoisotopic (exact) mass is 296 g/mol. The number of pyridine rings is 1. The van der Waals surface area contributed by atoms with Crippen molar-refractivity contribution in [2.45, 2.75) is 32.4 Å². The third-order valence-corrected chi connectivity index (χ3v) is 4.39. The van der Waals surface area contributed by atoms with Crippen LogP contribution in [0, 0.1) is 5.92 Å². The molecule has 0 saturated carbocycles. The number of likely N-dealkylation sites (tertiary alicyclic amines) is 1. The Labute approximate surface area is 127 Å². The molecule has 4 nitrogen and oxygen atoms in total. The highest BCUT2D eigenvalue weighted by Gasteiger charge is 2.26. The summed E-state index contributed by atoms with van der Waals surface area (Å²) in [4.78, 5) is 9.41. The fourth-order valence-corrected chi connectivity index (χ4v) is 3.13. The maximum Gasteiger partial charge on any atom is 0.128 e. The first-order valence-corrected chi connectivity index (χ1v) is 7.40. The second kappa shape index (κ2) is 6.74. The first kappa shape index (κ1) is 15.5. The maximum atomic E-state index is 6.07. The van der Waals surface area contributed by atoms with Gasteiger partial charge in [-0.2, -0.15) is 0 Å². The van der Waals surface area contributed by atoms with Gasteiger partial charge >= 0.3 is 0 Å². The van der Waals surface area contributed by atoms with Crippen LogP contribution >= 0.6 is 12.4 Å². The van der Waals surface area contributed by atoms with E-state index < -0.39 is 0 Å². The molecular weight excluding hydrogens is 272 g/mol. The summed E-state index contributed by atoms with van der Waals surface area (Å²) < 4.78 is 0. The predicted octanol–water partition coefficient (Wildman–Crippen LogP) is 1.88. The quantitative estimate of drug-likeness (QED) is 0.925. The molecule has 2 fully saturated rings. The summed E-state index contributed by atoms with van der Waals surface area (Å²) in [7, 11) is 0. The summed E-state index contributed by atoms with van der Waals surface area (Å²) >= 11 is 0. The van der Waals surface area contributed by atoms with Gasteiger partial charge in [0.25, 0.3) is 0 Å². The van der Waals surface area contributed by atoms with Crippen LogP contribution in [0.15, 0.2) is 18.3 Å². The zero-order chi connectivity index (χ0) is 13.2. The second-order valence-corrected chi connectivity index (χ2v) is 6.05. The van der Waals surface area contributed by atoms with Crippen LogP contribution in [0.1, 0.15) is 25.3 Å². The normalized spacial score (nSPS) is 26.8. The largest absolute Gasteiger partial charge is 0.357 e. The number of hydrogen-bond donors (Lipinski definition) is 1. The van der Waals surface area contributed by atoms with Gasteiger partial charge in [0.05, 0.1) is 0 Å². The van der Waals surface area contributed by atoms with Crippen LogP contribution in [0.4, 0.5) is 5.82 Å². The smallest absolute Gasteiger partial charge is 0.128 e. The minimum atomic E-state index is 0. The molecular formula is C15H25ClN4. The minimum absolute atomic E-state index is 0. The number of hydrogen-bond acceptors (Lipinski definition) is 4. The second-order valence-electron chi connectivity index (χ2n) is 6.05. The van der Waals surface area contributed by atoms with Gasteiger partial charge in [-0.15, -0.1) is 12.4 Å². The van der Waals surface area contributed by atoms with Crippen molar-refractivity contribution in [3.8, 4) is 0 Å². The van der Waals surface area contributed by atoms with E-state index in [9.17, 15) is 0 Å². The number of halogens is 1. The highest BCUT2D eigenvalue weighted by Crippen LogP contribution is 2.20. The number of anilines is 1. The van der Waals surface area contributed by atoms with E-state index >= 15 is 0 Å². The van der Waals surface area contributed by atoms with Gasteiger partial charge < -0.3 is 10.6 Å². The van der Waals surface area contributed by atoms with E-state index in [0.717, 1.165) is 38.5 Å². The topological polar surface area (TPSA) is 45.4 Å². The Morgan fingerprint density at radius 1 is 1.25 bits per heavy atom. The van der Waals surface area contributed by atoms with Crippen LogP contribution in [0.2, 0.25) is 0 Å². The van der Waals surface area contributed by atoms with Crippen molar-refractivity contribution in [2.24, 2.45) is 11.7 Å². The fourth-order valence-electron chi connectivity index (χ4n) is 3.13. The summed E-state index contributed by atoms with van der Waals surface area (Å²) in [6.45, 7) is 7.64. The Balaban J connectivity index is 0.00000147. The van der Waals surface area contributed by atoms with E-state index in [4.69, 9.17) is 5.73 Å². The molecule has 2 N–H and O–H groups in total. The SMILES string of the molecule is CC1CN(Cc2ccc(N3CCCC3)nc2)CC1N.Cl. The van der Waals surface area contributed by atoms with Crippen molar-refractivity contribution in [3.63, 3.8) is 0 Å². The molecule has 0 aromatic carbocycles. The summed E-state index contributed by atoms with van der Waals surface area (Å²) in [6.07, 6.45) is 4.63. The van der Waals surface area contributed by atoms with Crippen molar-refractivity contribution in [2.75, 3.05) is 31.1 Å². The third kappa shape index (κ3) is 3.43. The summed E-state index contributed by atoms with van der Waals surface area (Å²) in [5.41, 5.74) is 7.36. The summed E-state index contributed by atoms with van der Waals surface area (Å²) in [5.74, 6) is 1.74. The third-order valence-electron chi connectivity index (χ3n) is 4.39. The minimum Gasteiger partial charge on any atom is -0.357 e. The molecule has 0 spiro atoms. The standard InChI is InChI=1S/C15H24N4.ClH/c1-12-9-18(11-14(12)16)10-13-4-5-15(17-8-13)19-6-2-3-7-19;/h4-5,8,12,14H,2-3,6-7,9-11,16H2,1H3;1H. The molecule has 2 saturated heterocycles. The molecule has 5 heteroatoms. The van der Waals surface area contributed by atoms with Gasteiger partial charge in [0, 0.05) is 45.0 Å². The Kier molecular flexibility index (Phi) is 5.24. The Hall–Kier alpha value is -0.840. The molecule has 2 atom stereocenters. The lowest BCUT2D eigenvalue weighted by Crippen LogP contribution is -2.28. The van der Waals surface area contributed by atoms with Crippen LogP contribution in [-0.4, -0.2) is 42.1 Å². The lowest BCUT2D eigenvalue weighted by Gasteiger charge is -2.18. The molecule has 3 rings (SSSR count). The van der Waals surface area contributed by atoms with E-state index in [1.54, 1.807) is 0 Å². The molecule has 1 aromatic rings. The number of aromatic nitrogens is 1. The van der Waals surface area contributed by atoms with Gasteiger partial charge in [-0.25, -0.2) is 4.98 Å². The number of nitrogens with two attached hydrogens (primary N) is 1. The van der Waals surface area contributed by atoms with E-state index in [0.29, 0.717) is 12.0 Å². The highest BCUT2D eigenvalue weighted by atomic mass is 35.5. The van der Waals surface area contributed by atoms with E-state index in [2.05, 4.69) is 33.8 Å². The van der Waals surface area contributed by atoms with Crippen LogP contribution < -0.4 is 10.6 Å². The summed E-state index contributed by atoms with van der Waals surface area (Å²) in [6, 6.07) is 4.71. The van der Waals surface area contributed by atoms with Gasteiger partial charge in [0.15, 0.2) is 0 Å². The van der Waals surface area contributed by atoms with Crippen LogP contribution in [0.5, 0.6) is 0 Å². The van der Waals surface area contributed by atoms with Crippen LogP contribution in [-0.2, 0) is 6.54 Å². The maximum absolute atomic E-state index is 6.07. The van der Waals surface area contributed by atoms with E-state index in [1.807, 2.05) is 6.20 Å². The first-order valence-electron chi connectivity index (χ1n) is 7.40. The molecule has 2 unspecified atom stereocenters. The van der Waals surface area contributed by atoms with Gasteiger partial charge in [-0.1, -0.05) is 13.0 Å². The predicted molar refractivity (Wildman–Crippen MR) is 85.3 cm³/mol. The van der Waals surface area contributed by atoms with Crippen LogP contribution in [0.25, 0.3) is 0 Å². The lowest BCUT2D eigenvalue weighted by molar-refractivity contribution is 0.318. The summed E-state index contributed by atoms with van der Waals surface area (Å²) in [5, 5.41) is 0. The molecule has 0 radical (unpaired) electrons. The van der Waals surface area contributed by atoms with Gasteiger partial charge in [0.1, 0.15) is 5.82 Å². The number of rotatable bonds is 3. The highest BCUT2D eigenvalue weighted by molar-refractivity contribution is 5.85. The lowest BCUT2D eigenvalue weighted by atomic mass is 10.1. The van der Waals surface area contributed by atoms with E-state index in [1.165, 1.54) is 18.4 Å². The van der Waals surface area contributed by atoms with Crippen molar-refractivity contribution in [1.82, 2.24) is 9.88 Å². The van der Waals surface area contributed by atoms with Gasteiger partial charge in [0.2, 0.25) is 0 Å². The zero-order valence-corrected chi connectivity index (χ0v) is 13.0. The molecule has 0 amide bonds. The molecule has 112 valence electrons. The fraction of sp³-hybridized carbons (Fsp3) is 0.667. The molecule has 1 aromatic heterocycles. The van der Waals surface area contributed by atoms with Crippen molar-refractivity contribution >= 4 is 18.2 Å². The average molecular weight is 297 g/mol. The first-order chi connectivity index (χ1) is 9.22. The molecule has 0 bridgehead atoms. The van der Waals surface area contributed by atoms with Crippen LogP contribution in [0.3, 0.4) is 0 Å².